The van der Waals surface area contributed by atoms with E-state index < -0.39 is 14.9 Å². The summed E-state index contributed by atoms with van der Waals surface area (Å²) >= 11 is 0. The van der Waals surface area contributed by atoms with Crippen molar-refractivity contribution < 1.29 is 13.3 Å². The highest BCUT2D eigenvalue weighted by Gasteiger charge is 2.19. The Bertz CT molecular complexity index is 1090. The highest BCUT2D eigenvalue weighted by molar-refractivity contribution is 7.92. The molecule has 0 saturated heterocycles. The number of nitrogens with one attached hydrogen (secondary N) is 1. The third-order valence-corrected chi connectivity index (χ3v) is 4.81. The Morgan fingerprint density at radius 2 is 1.92 bits per heavy atom. The second-order valence-corrected chi connectivity index (χ2v) is 7.14. The first-order chi connectivity index (χ1) is 12.3. The van der Waals surface area contributed by atoms with Crippen LogP contribution < -0.4 is 4.72 Å². The molecule has 3 aromatic rings. The van der Waals surface area contributed by atoms with Crippen molar-refractivity contribution in [2.24, 2.45) is 0 Å². The fourth-order valence-electron chi connectivity index (χ4n) is 2.34. The third kappa shape index (κ3) is 3.52. The second-order valence-electron chi connectivity index (χ2n) is 5.46. The topological polar surface area (TPSA) is 133 Å². The standard InChI is InChI=1S/C15H14N6O4S/c1-10-6-11(2)20(18-10)15-8-14(16-9-17-15)19-26(24,25)13-5-3-4-12(7-13)21(22)23/h3-9H,1-2H3,(H,16,17,19). The minimum atomic E-state index is -4.05. The summed E-state index contributed by atoms with van der Waals surface area (Å²) in [7, 11) is -4.05. The van der Waals surface area contributed by atoms with Crippen molar-refractivity contribution in [3.8, 4) is 5.82 Å². The van der Waals surface area contributed by atoms with Crippen molar-refractivity contribution in [3.63, 3.8) is 0 Å². The van der Waals surface area contributed by atoms with Crippen molar-refractivity contribution in [1.29, 1.82) is 0 Å². The first kappa shape index (κ1) is 17.5. The van der Waals surface area contributed by atoms with Crippen molar-refractivity contribution in [2.45, 2.75) is 18.7 Å². The van der Waals surface area contributed by atoms with Crippen LogP contribution in [0.25, 0.3) is 5.82 Å². The predicted octanol–water partition coefficient (Wildman–Crippen LogP) is 1.99. The Kier molecular flexibility index (Phi) is 4.38. The van der Waals surface area contributed by atoms with Crippen LogP contribution in [0.1, 0.15) is 11.4 Å². The average Bonchev–Trinajstić information content (AvgIpc) is 2.93. The minimum absolute atomic E-state index is 0.0223. The van der Waals surface area contributed by atoms with Crippen molar-refractivity contribution in [2.75, 3.05) is 4.72 Å². The molecular formula is C15H14N6O4S. The summed E-state index contributed by atoms with van der Waals surface area (Å²) in [6.45, 7) is 3.67. The molecule has 0 saturated carbocycles. The van der Waals surface area contributed by atoms with Gasteiger partial charge in [-0.05, 0) is 26.0 Å². The molecule has 10 nitrogen and oxygen atoms in total. The lowest BCUT2D eigenvalue weighted by Gasteiger charge is -2.09. The lowest BCUT2D eigenvalue weighted by atomic mass is 10.3. The van der Waals surface area contributed by atoms with Gasteiger partial charge in [-0.2, -0.15) is 5.10 Å². The molecule has 134 valence electrons. The van der Waals surface area contributed by atoms with Crippen LogP contribution in [-0.4, -0.2) is 33.1 Å². The molecule has 0 amide bonds. The number of rotatable bonds is 5. The maximum absolute atomic E-state index is 12.5. The number of benzene rings is 1. The number of nitro groups is 1. The van der Waals surface area contributed by atoms with Gasteiger partial charge in [-0.3, -0.25) is 14.8 Å². The number of aromatic nitrogens is 4. The fraction of sp³-hybridized carbons (Fsp3) is 0.133. The number of anilines is 1. The number of sulfonamides is 1. The van der Waals surface area contributed by atoms with Gasteiger partial charge < -0.3 is 0 Å². The fourth-order valence-corrected chi connectivity index (χ4v) is 3.38. The molecule has 11 heteroatoms. The van der Waals surface area contributed by atoms with E-state index in [9.17, 15) is 18.5 Å². The molecule has 1 N–H and O–H groups in total. The van der Waals surface area contributed by atoms with E-state index >= 15 is 0 Å². The van der Waals surface area contributed by atoms with E-state index in [1.165, 1.54) is 30.6 Å². The van der Waals surface area contributed by atoms with E-state index in [0.717, 1.165) is 17.5 Å². The first-order valence-electron chi connectivity index (χ1n) is 7.39. The van der Waals surface area contributed by atoms with Crippen molar-refractivity contribution >= 4 is 21.5 Å². The number of hydrogen-bond acceptors (Lipinski definition) is 7. The number of non-ortho nitro benzene ring substituents is 1. The highest BCUT2D eigenvalue weighted by atomic mass is 32.2. The van der Waals surface area contributed by atoms with Crippen molar-refractivity contribution in [1.82, 2.24) is 19.7 Å². The Morgan fingerprint density at radius 3 is 2.58 bits per heavy atom. The molecule has 0 bridgehead atoms. The minimum Gasteiger partial charge on any atom is -0.263 e. The smallest absolute Gasteiger partial charge is 0.263 e. The van der Waals surface area contributed by atoms with Gasteiger partial charge in [0.2, 0.25) is 0 Å². The molecule has 0 radical (unpaired) electrons. The molecule has 0 spiro atoms. The van der Waals surface area contributed by atoms with Crippen molar-refractivity contribution in [3.05, 3.63) is 64.2 Å². The zero-order valence-electron chi connectivity index (χ0n) is 13.8. The molecule has 3 rings (SSSR count). The predicted molar refractivity (Wildman–Crippen MR) is 92.5 cm³/mol. The summed E-state index contributed by atoms with van der Waals surface area (Å²) in [5.41, 5.74) is 1.30. The average molecular weight is 374 g/mol. The summed E-state index contributed by atoms with van der Waals surface area (Å²) < 4.78 is 28.8. The van der Waals surface area contributed by atoms with Crippen LogP contribution in [0.4, 0.5) is 11.5 Å². The lowest BCUT2D eigenvalue weighted by Crippen LogP contribution is -2.15. The lowest BCUT2D eigenvalue weighted by molar-refractivity contribution is -0.385. The number of nitrogens with zero attached hydrogens (tertiary/aromatic N) is 5. The SMILES string of the molecule is Cc1cc(C)n(-c2cc(NS(=O)(=O)c3cccc([N+](=O)[O-])c3)ncn2)n1. The van der Waals surface area contributed by atoms with Gasteiger partial charge in [-0.25, -0.2) is 23.1 Å². The van der Waals surface area contributed by atoms with Gasteiger partial charge in [0.1, 0.15) is 12.1 Å². The van der Waals surface area contributed by atoms with Crippen LogP contribution in [0.5, 0.6) is 0 Å². The zero-order valence-corrected chi connectivity index (χ0v) is 14.6. The molecule has 0 unspecified atom stereocenters. The summed E-state index contributed by atoms with van der Waals surface area (Å²) in [4.78, 5) is 17.9. The summed E-state index contributed by atoms with van der Waals surface area (Å²) in [6, 6.07) is 8.03. The van der Waals surface area contributed by atoms with E-state index in [1.807, 2.05) is 19.9 Å². The number of aryl methyl sites for hydroxylation is 2. The van der Waals surface area contributed by atoms with Crippen LogP contribution in [0.15, 0.2) is 47.6 Å². The van der Waals surface area contributed by atoms with E-state index in [1.54, 1.807) is 4.68 Å². The molecule has 0 aliphatic carbocycles. The van der Waals surface area contributed by atoms with Crippen LogP contribution in [0.3, 0.4) is 0 Å². The monoisotopic (exact) mass is 374 g/mol. The molecule has 0 aliphatic heterocycles. The summed E-state index contributed by atoms with van der Waals surface area (Å²) in [5.74, 6) is 0.413. The Balaban J connectivity index is 1.93. The Labute approximate surface area is 148 Å². The largest absolute Gasteiger partial charge is 0.270 e. The summed E-state index contributed by atoms with van der Waals surface area (Å²) in [6.07, 6.45) is 1.21. The molecule has 0 atom stereocenters. The second kappa shape index (κ2) is 6.52. The molecule has 0 fully saturated rings. The quantitative estimate of drug-likeness (QED) is 0.533. The zero-order chi connectivity index (χ0) is 18.9. The van der Waals surface area contributed by atoms with E-state index in [-0.39, 0.29) is 16.4 Å². The van der Waals surface area contributed by atoms with Gasteiger partial charge in [0.25, 0.3) is 15.7 Å². The molecule has 0 aliphatic rings. The van der Waals surface area contributed by atoms with Crippen LogP contribution >= 0.6 is 0 Å². The van der Waals surface area contributed by atoms with Gasteiger partial charge in [-0.1, -0.05) is 6.07 Å². The number of nitro benzene ring substituents is 1. The molecule has 2 aromatic heterocycles. The molecular weight excluding hydrogens is 360 g/mol. The van der Waals surface area contributed by atoms with Gasteiger partial charge >= 0.3 is 0 Å². The van der Waals surface area contributed by atoms with Gasteiger partial charge in [0, 0.05) is 23.9 Å². The number of hydrogen-bond donors (Lipinski definition) is 1. The van der Waals surface area contributed by atoms with E-state index in [2.05, 4.69) is 19.8 Å². The Morgan fingerprint density at radius 1 is 1.15 bits per heavy atom. The maximum Gasteiger partial charge on any atom is 0.270 e. The normalized spacial score (nSPS) is 11.3. The van der Waals surface area contributed by atoms with Gasteiger partial charge in [0.15, 0.2) is 5.82 Å². The molecule has 2 heterocycles. The van der Waals surface area contributed by atoms with Crippen LogP contribution in [-0.2, 0) is 10.0 Å². The van der Waals surface area contributed by atoms with Gasteiger partial charge in [-0.15, -0.1) is 0 Å². The van der Waals surface area contributed by atoms with Crippen LogP contribution in [0, 0.1) is 24.0 Å². The summed E-state index contributed by atoms with van der Waals surface area (Å²) in [5, 5.41) is 15.1. The molecule has 26 heavy (non-hydrogen) atoms. The maximum atomic E-state index is 12.5. The Hall–Kier alpha value is -3.34. The van der Waals surface area contributed by atoms with E-state index in [4.69, 9.17) is 0 Å². The van der Waals surface area contributed by atoms with Crippen LogP contribution in [0.2, 0.25) is 0 Å². The first-order valence-corrected chi connectivity index (χ1v) is 8.87. The highest BCUT2D eigenvalue weighted by Crippen LogP contribution is 2.20. The molecule has 1 aromatic carbocycles. The third-order valence-electron chi connectivity index (χ3n) is 3.46. The van der Waals surface area contributed by atoms with Gasteiger partial charge in [0.05, 0.1) is 15.5 Å². The van der Waals surface area contributed by atoms with E-state index in [0.29, 0.717) is 5.82 Å².